The zero-order valence-electron chi connectivity index (χ0n) is 15.1. The van der Waals surface area contributed by atoms with Crippen molar-refractivity contribution >= 4 is 11.9 Å². The summed E-state index contributed by atoms with van der Waals surface area (Å²) in [5.74, 6) is 0.138. The lowest BCUT2D eigenvalue weighted by Crippen LogP contribution is -2.50. The smallest absolute Gasteiger partial charge is 0.315 e. The number of carbonyl (C=O) groups excluding carboxylic acids is 2. The van der Waals surface area contributed by atoms with E-state index < -0.39 is 0 Å². The van der Waals surface area contributed by atoms with Crippen LogP contribution in [0.5, 0.6) is 0 Å². The molecule has 0 unspecified atom stereocenters. The predicted molar refractivity (Wildman–Crippen MR) is 94.1 cm³/mol. The quantitative estimate of drug-likeness (QED) is 0.818. The monoisotopic (exact) mass is 348 g/mol. The van der Waals surface area contributed by atoms with E-state index in [0.717, 1.165) is 57.5 Å². The molecular weight excluding hydrogens is 320 g/mol. The number of fused-ring (bicyclic) bond motifs is 1. The lowest BCUT2D eigenvalue weighted by Gasteiger charge is -2.34. The van der Waals surface area contributed by atoms with Crippen LogP contribution >= 0.6 is 0 Å². The number of carbonyl (C=O) groups is 2. The minimum Gasteiger partial charge on any atom is -0.340 e. The summed E-state index contributed by atoms with van der Waals surface area (Å²) >= 11 is 0. The number of piperazine rings is 1. The SMILES string of the molecule is CC(=O)N1CCN(CCNC(=O)N[C@@H]2CCCc3c2cnn3C)CC1. The molecule has 25 heavy (non-hydrogen) atoms. The van der Waals surface area contributed by atoms with E-state index in [2.05, 4.69) is 20.6 Å². The minimum atomic E-state index is -0.121. The van der Waals surface area contributed by atoms with Crippen LogP contribution < -0.4 is 10.6 Å². The zero-order valence-corrected chi connectivity index (χ0v) is 15.1. The zero-order chi connectivity index (χ0) is 17.8. The number of aromatic nitrogens is 2. The third-order valence-corrected chi connectivity index (χ3v) is 5.21. The standard InChI is InChI=1S/C17H28N6O2/c1-13(24)23-10-8-22(9-11-23)7-6-18-17(25)20-15-4-3-5-16-14(15)12-19-21(16)2/h12,15H,3-11H2,1-2H3,(H2,18,20,25)/t15-/m1/s1. The van der Waals surface area contributed by atoms with Crippen LogP contribution in [0.2, 0.25) is 0 Å². The van der Waals surface area contributed by atoms with Crippen LogP contribution in [0.25, 0.3) is 0 Å². The Bertz CT molecular complexity index is 621. The van der Waals surface area contributed by atoms with Crippen LogP contribution in [-0.4, -0.2) is 70.8 Å². The second kappa shape index (κ2) is 7.86. The van der Waals surface area contributed by atoms with Gasteiger partial charge in [0.05, 0.1) is 12.2 Å². The molecule has 0 spiro atoms. The number of rotatable bonds is 4. The van der Waals surface area contributed by atoms with E-state index in [1.54, 1.807) is 6.92 Å². The van der Waals surface area contributed by atoms with Gasteiger partial charge in [-0.1, -0.05) is 0 Å². The van der Waals surface area contributed by atoms with E-state index in [9.17, 15) is 9.59 Å². The molecule has 2 aliphatic rings. The molecule has 1 aliphatic carbocycles. The number of hydrogen-bond acceptors (Lipinski definition) is 4. The largest absolute Gasteiger partial charge is 0.340 e. The molecule has 2 N–H and O–H groups in total. The Morgan fingerprint density at radius 1 is 1.28 bits per heavy atom. The summed E-state index contributed by atoms with van der Waals surface area (Å²) < 4.78 is 1.90. The van der Waals surface area contributed by atoms with E-state index in [4.69, 9.17) is 0 Å². The summed E-state index contributed by atoms with van der Waals surface area (Å²) in [6.45, 7) is 6.30. The van der Waals surface area contributed by atoms with Gasteiger partial charge in [0.2, 0.25) is 5.91 Å². The van der Waals surface area contributed by atoms with E-state index in [1.807, 2.05) is 22.8 Å². The lowest BCUT2D eigenvalue weighted by atomic mass is 9.93. The van der Waals surface area contributed by atoms with Crippen LogP contribution in [0.1, 0.15) is 37.1 Å². The summed E-state index contributed by atoms with van der Waals surface area (Å²) in [7, 11) is 1.95. The molecule has 138 valence electrons. The molecule has 0 radical (unpaired) electrons. The molecule has 3 amide bonds. The molecule has 3 rings (SSSR count). The fourth-order valence-corrected chi connectivity index (χ4v) is 3.68. The molecule has 1 fully saturated rings. The number of nitrogens with one attached hydrogen (secondary N) is 2. The highest BCUT2D eigenvalue weighted by molar-refractivity contribution is 5.74. The maximum atomic E-state index is 12.2. The Morgan fingerprint density at radius 2 is 2.04 bits per heavy atom. The van der Waals surface area contributed by atoms with E-state index in [1.165, 1.54) is 5.69 Å². The van der Waals surface area contributed by atoms with Crippen molar-refractivity contribution in [3.05, 3.63) is 17.5 Å². The summed E-state index contributed by atoms with van der Waals surface area (Å²) in [5, 5.41) is 10.3. The van der Waals surface area contributed by atoms with Gasteiger partial charge in [-0.15, -0.1) is 0 Å². The Labute approximate surface area is 148 Å². The molecule has 8 nitrogen and oxygen atoms in total. The number of hydrogen-bond donors (Lipinski definition) is 2. The van der Waals surface area contributed by atoms with Gasteiger partial charge < -0.3 is 15.5 Å². The van der Waals surface area contributed by atoms with Crippen LogP contribution in [0, 0.1) is 0 Å². The molecule has 0 aromatic carbocycles. The maximum absolute atomic E-state index is 12.2. The highest BCUT2D eigenvalue weighted by atomic mass is 16.2. The first-order valence-corrected chi connectivity index (χ1v) is 9.07. The van der Waals surface area contributed by atoms with Gasteiger partial charge in [0.25, 0.3) is 0 Å². The van der Waals surface area contributed by atoms with Gasteiger partial charge >= 0.3 is 6.03 Å². The maximum Gasteiger partial charge on any atom is 0.315 e. The second-order valence-electron chi connectivity index (χ2n) is 6.86. The summed E-state index contributed by atoms with van der Waals surface area (Å²) in [6, 6.07) is -0.0689. The van der Waals surface area contributed by atoms with Crippen molar-refractivity contribution in [2.24, 2.45) is 7.05 Å². The lowest BCUT2D eigenvalue weighted by molar-refractivity contribution is -0.130. The van der Waals surface area contributed by atoms with Crippen LogP contribution in [0.4, 0.5) is 4.79 Å². The molecule has 1 atom stereocenters. The Morgan fingerprint density at radius 3 is 2.76 bits per heavy atom. The molecule has 1 aromatic rings. The fraction of sp³-hybridized carbons (Fsp3) is 0.706. The normalized spacial score (nSPS) is 20.9. The van der Waals surface area contributed by atoms with E-state index in [-0.39, 0.29) is 18.0 Å². The molecule has 0 bridgehead atoms. The van der Waals surface area contributed by atoms with Crippen molar-refractivity contribution in [2.75, 3.05) is 39.3 Å². The van der Waals surface area contributed by atoms with Crippen LogP contribution in [0.3, 0.4) is 0 Å². The molecule has 1 aromatic heterocycles. The third kappa shape index (κ3) is 4.31. The van der Waals surface area contributed by atoms with Crippen molar-refractivity contribution in [3.63, 3.8) is 0 Å². The number of aryl methyl sites for hydroxylation is 1. The molecule has 1 saturated heterocycles. The van der Waals surface area contributed by atoms with Gasteiger partial charge in [0, 0.05) is 64.5 Å². The summed E-state index contributed by atoms with van der Waals surface area (Å²) in [5.41, 5.74) is 2.36. The minimum absolute atomic E-state index is 0.0524. The first-order valence-electron chi connectivity index (χ1n) is 9.07. The molecule has 2 heterocycles. The van der Waals surface area contributed by atoms with Crippen molar-refractivity contribution < 1.29 is 9.59 Å². The third-order valence-electron chi connectivity index (χ3n) is 5.21. The molecule has 8 heteroatoms. The summed E-state index contributed by atoms with van der Waals surface area (Å²) in [4.78, 5) is 27.7. The topological polar surface area (TPSA) is 82.5 Å². The van der Waals surface area contributed by atoms with Gasteiger partial charge in [-0.3, -0.25) is 14.4 Å². The van der Waals surface area contributed by atoms with Gasteiger partial charge in [0.1, 0.15) is 0 Å². The van der Waals surface area contributed by atoms with Crippen LogP contribution in [0.15, 0.2) is 6.20 Å². The first kappa shape index (κ1) is 17.7. The molecule has 0 saturated carbocycles. The predicted octanol–water partition coefficient (Wildman–Crippen LogP) is 0.261. The van der Waals surface area contributed by atoms with Crippen LogP contribution in [-0.2, 0) is 18.3 Å². The summed E-state index contributed by atoms with van der Waals surface area (Å²) in [6.07, 6.45) is 4.92. The second-order valence-corrected chi connectivity index (χ2v) is 6.86. The molecular formula is C17H28N6O2. The Balaban J connectivity index is 1.39. The van der Waals surface area contributed by atoms with Crippen molar-refractivity contribution in [1.82, 2.24) is 30.2 Å². The van der Waals surface area contributed by atoms with Gasteiger partial charge in [-0.05, 0) is 19.3 Å². The average Bonchev–Trinajstić information content (AvgIpc) is 2.98. The van der Waals surface area contributed by atoms with Crippen molar-refractivity contribution in [1.29, 1.82) is 0 Å². The Hall–Kier alpha value is -2.09. The van der Waals surface area contributed by atoms with Crippen molar-refractivity contribution in [2.45, 2.75) is 32.2 Å². The first-order chi connectivity index (χ1) is 12.0. The van der Waals surface area contributed by atoms with Gasteiger partial charge in [-0.25, -0.2) is 4.79 Å². The number of amides is 3. The van der Waals surface area contributed by atoms with Gasteiger partial charge in [0.15, 0.2) is 0 Å². The van der Waals surface area contributed by atoms with Crippen molar-refractivity contribution in [3.8, 4) is 0 Å². The average molecular weight is 348 g/mol. The number of urea groups is 1. The van der Waals surface area contributed by atoms with E-state index in [0.29, 0.717) is 6.54 Å². The number of nitrogens with zero attached hydrogens (tertiary/aromatic N) is 4. The Kier molecular flexibility index (Phi) is 5.57. The highest BCUT2D eigenvalue weighted by Gasteiger charge is 2.24. The van der Waals surface area contributed by atoms with E-state index >= 15 is 0 Å². The molecule has 1 aliphatic heterocycles. The fourth-order valence-electron chi connectivity index (χ4n) is 3.68. The van der Waals surface area contributed by atoms with Gasteiger partial charge in [-0.2, -0.15) is 5.10 Å². The highest BCUT2D eigenvalue weighted by Crippen LogP contribution is 2.28.